The molecular formula is C23H21BrN2O7S. The zero-order chi connectivity index (χ0) is 24.8. The van der Waals surface area contributed by atoms with E-state index in [0.717, 1.165) is 16.7 Å². The predicted octanol–water partition coefficient (Wildman–Crippen LogP) is 4.07. The maximum absolute atomic E-state index is 12.7. The molecule has 0 aromatic heterocycles. The first-order chi connectivity index (χ1) is 16.2. The van der Waals surface area contributed by atoms with Crippen molar-refractivity contribution in [3.63, 3.8) is 0 Å². The largest absolute Gasteiger partial charge is 0.493 e. The van der Waals surface area contributed by atoms with E-state index in [4.69, 9.17) is 9.47 Å². The van der Waals surface area contributed by atoms with Crippen LogP contribution >= 0.6 is 27.7 Å². The van der Waals surface area contributed by atoms with Crippen molar-refractivity contribution >= 4 is 62.5 Å². The number of amides is 3. The lowest BCUT2D eigenvalue weighted by Gasteiger charge is -2.18. The number of ether oxygens (including phenoxy) is 3. The van der Waals surface area contributed by atoms with Gasteiger partial charge in [0.25, 0.3) is 17.1 Å². The highest BCUT2D eigenvalue weighted by molar-refractivity contribution is 9.10. The van der Waals surface area contributed by atoms with Gasteiger partial charge >= 0.3 is 5.97 Å². The Morgan fingerprint density at radius 3 is 2.53 bits per heavy atom. The Morgan fingerprint density at radius 2 is 1.88 bits per heavy atom. The van der Waals surface area contributed by atoms with Crippen molar-refractivity contribution in [1.29, 1.82) is 0 Å². The molecule has 0 bridgehead atoms. The molecule has 1 N–H and O–H groups in total. The third kappa shape index (κ3) is 5.78. The number of halogens is 1. The van der Waals surface area contributed by atoms with Crippen LogP contribution in [0, 0.1) is 0 Å². The molecule has 3 rings (SSSR count). The van der Waals surface area contributed by atoms with E-state index in [1.165, 1.54) is 27.2 Å². The van der Waals surface area contributed by atoms with Gasteiger partial charge in [0.15, 0.2) is 18.1 Å². The summed E-state index contributed by atoms with van der Waals surface area (Å²) in [5.41, 5.74) is 1.19. The van der Waals surface area contributed by atoms with E-state index in [-0.39, 0.29) is 17.4 Å². The van der Waals surface area contributed by atoms with E-state index in [0.29, 0.717) is 27.2 Å². The molecule has 2 aromatic rings. The van der Waals surface area contributed by atoms with Crippen LogP contribution in [0.4, 0.5) is 10.5 Å². The standard InChI is InChI=1S/C23H21BrN2O7S/c1-13(22(29)32-3)26-21(28)18(34-23(26)30)11-14-9-16(24)20(17(10-14)31-2)33-12-19(27)25-15-7-5-4-6-8-15/h4-11,13H,12H2,1-3H3,(H,25,27)/b18-11+/t13-/m0/s1. The van der Waals surface area contributed by atoms with Crippen LogP contribution in [0.1, 0.15) is 12.5 Å². The number of rotatable bonds is 8. The van der Waals surface area contributed by atoms with E-state index in [1.807, 2.05) is 6.07 Å². The molecular weight excluding hydrogens is 528 g/mol. The van der Waals surface area contributed by atoms with Gasteiger partial charge in [0.1, 0.15) is 6.04 Å². The number of anilines is 1. The fraction of sp³-hybridized carbons (Fsp3) is 0.217. The summed E-state index contributed by atoms with van der Waals surface area (Å²) >= 11 is 4.12. The minimum Gasteiger partial charge on any atom is -0.493 e. The van der Waals surface area contributed by atoms with Crippen LogP contribution in [-0.4, -0.2) is 54.8 Å². The quantitative estimate of drug-likeness (QED) is 0.388. The first kappa shape index (κ1) is 25.3. The van der Waals surface area contributed by atoms with Crippen molar-refractivity contribution < 1.29 is 33.4 Å². The summed E-state index contributed by atoms with van der Waals surface area (Å²) in [5, 5.41) is 2.16. The molecule has 9 nitrogen and oxygen atoms in total. The number of nitrogens with zero attached hydrogens (tertiary/aromatic N) is 1. The molecule has 1 aliphatic heterocycles. The minimum absolute atomic E-state index is 0.144. The Labute approximate surface area is 208 Å². The van der Waals surface area contributed by atoms with E-state index >= 15 is 0 Å². The zero-order valence-corrected chi connectivity index (χ0v) is 20.9. The molecule has 1 atom stereocenters. The lowest BCUT2D eigenvalue weighted by Crippen LogP contribution is -2.42. The zero-order valence-electron chi connectivity index (χ0n) is 18.5. The molecule has 2 aromatic carbocycles. The van der Waals surface area contributed by atoms with Crippen LogP contribution in [-0.2, 0) is 19.1 Å². The van der Waals surface area contributed by atoms with Crippen molar-refractivity contribution in [2.45, 2.75) is 13.0 Å². The van der Waals surface area contributed by atoms with Gasteiger partial charge in [0, 0.05) is 5.69 Å². The smallest absolute Gasteiger partial charge is 0.328 e. The van der Waals surface area contributed by atoms with Gasteiger partial charge in [-0.05, 0) is 70.5 Å². The average Bonchev–Trinajstić information content (AvgIpc) is 3.10. The first-order valence-corrected chi connectivity index (χ1v) is 11.6. The number of imide groups is 1. The molecule has 1 saturated heterocycles. The highest BCUT2D eigenvalue weighted by Gasteiger charge is 2.41. The lowest BCUT2D eigenvalue weighted by molar-refractivity contribution is -0.148. The molecule has 11 heteroatoms. The third-order valence-electron chi connectivity index (χ3n) is 4.71. The van der Waals surface area contributed by atoms with Crippen molar-refractivity contribution in [1.82, 2.24) is 4.90 Å². The van der Waals surface area contributed by atoms with Crippen LogP contribution in [0.5, 0.6) is 11.5 Å². The Bertz CT molecular complexity index is 1150. The van der Waals surface area contributed by atoms with Gasteiger partial charge in [-0.2, -0.15) is 0 Å². The van der Waals surface area contributed by atoms with E-state index in [1.54, 1.807) is 36.4 Å². The summed E-state index contributed by atoms with van der Waals surface area (Å²) < 4.78 is 16.1. The second-order valence-electron chi connectivity index (χ2n) is 6.99. The van der Waals surface area contributed by atoms with E-state index < -0.39 is 23.2 Å². The van der Waals surface area contributed by atoms with Crippen LogP contribution in [0.3, 0.4) is 0 Å². The second kappa shape index (κ2) is 11.2. The SMILES string of the molecule is COC(=O)[C@H](C)N1C(=O)S/C(=C/c2cc(Br)c(OCC(=O)Nc3ccccc3)c(OC)c2)C1=O. The van der Waals surface area contributed by atoms with E-state index in [2.05, 4.69) is 26.0 Å². The van der Waals surface area contributed by atoms with Crippen LogP contribution in [0.15, 0.2) is 51.8 Å². The number of methoxy groups -OCH3 is 2. The van der Waals surface area contributed by atoms with Crippen molar-refractivity contribution in [2.24, 2.45) is 0 Å². The van der Waals surface area contributed by atoms with Crippen LogP contribution in [0.25, 0.3) is 6.08 Å². The highest BCUT2D eigenvalue weighted by Crippen LogP contribution is 2.39. The highest BCUT2D eigenvalue weighted by atomic mass is 79.9. The summed E-state index contributed by atoms with van der Waals surface area (Å²) in [4.78, 5) is 50.0. The molecule has 3 amide bonds. The van der Waals surface area contributed by atoms with Crippen LogP contribution in [0.2, 0.25) is 0 Å². The predicted molar refractivity (Wildman–Crippen MR) is 131 cm³/mol. The molecule has 0 saturated carbocycles. The normalized spacial score (nSPS) is 15.3. The maximum atomic E-state index is 12.7. The number of thioether (sulfide) groups is 1. The molecule has 0 radical (unpaired) electrons. The van der Waals surface area contributed by atoms with Crippen molar-refractivity contribution in [3.05, 3.63) is 57.4 Å². The van der Waals surface area contributed by atoms with Gasteiger partial charge in [-0.1, -0.05) is 18.2 Å². The Morgan fingerprint density at radius 1 is 1.18 bits per heavy atom. The average molecular weight is 549 g/mol. The fourth-order valence-electron chi connectivity index (χ4n) is 3.06. The first-order valence-electron chi connectivity index (χ1n) is 9.95. The number of para-hydroxylation sites is 1. The molecule has 34 heavy (non-hydrogen) atoms. The van der Waals surface area contributed by atoms with Gasteiger partial charge in [0.2, 0.25) is 0 Å². The summed E-state index contributed by atoms with van der Waals surface area (Å²) in [5.74, 6) is -1.02. The number of esters is 1. The molecule has 0 spiro atoms. The molecule has 1 heterocycles. The van der Waals surface area contributed by atoms with Crippen molar-refractivity contribution in [2.75, 3.05) is 26.1 Å². The molecule has 1 fully saturated rings. The number of carbonyl (C=O) groups is 4. The monoisotopic (exact) mass is 548 g/mol. The lowest BCUT2D eigenvalue weighted by atomic mass is 10.1. The molecule has 1 aliphatic rings. The molecule has 178 valence electrons. The number of hydrogen-bond acceptors (Lipinski definition) is 8. The second-order valence-corrected chi connectivity index (χ2v) is 8.84. The molecule has 0 unspecified atom stereocenters. The minimum atomic E-state index is -1.04. The summed E-state index contributed by atoms with van der Waals surface area (Å²) in [6.45, 7) is 1.17. The van der Waals surface area contributed by atoms with Crippen molar-refractivity contribution in [3.8, 4) is 11.5 Å². The Balaban J connectivity index is 1.76. The van der Waals surface area contributed by atoms with Gasteiger partial charge in [0.05, 0.1) is 23.6 Å². The topological polar surface area (TPSA) is 111 Å². The maximum Gasteiger partial charge on any atom is 0.328 e. The van der Waals surface area contributed by atoms with E-state index in [9.17, 15) is 19.2 Å². The third-order valence-corrected chi connectivity index (χ3v) is 6.18. The number of benzene rings is 2. The fourth-order valence-corrected chi connectivity index (χ4v) is 4.54. The summed E-state index contributed by atoms with van der Waals surface area (Å²) in [7, 11) is 2.63. The van der Waals surface area contributed by atoms with Gasteiger partial charge in [-0.3, -0.25) is 19.3 Å². The Hall–Kier alpha value is -3.31. The number of carbonyl (C=O) groups excluding carboxylic acids is 4. The van der Waals surface area contributed by atoms with Crippen LogP contribution < -0.4 is 14.8 Å². The number of hydrogen-bond donors (Lipinski definition) is 1. The summed E-state index contributed by atoms with van der Waals surface area (Å²) in [6.07, 6.45) is 1.51. The van der Waals surface area contributed by atoms with Gasteiger partial charge in [-0.25, -0.2) is 4.79 Å². The molecule has 0 aliphatic carbocycles. The van der Waals surface area contributed by atoms with Gasteiger partial charge < -0.3 is 19.5 Å². The number of nitrogens with one attached hydrogen (secondary N) is 1. The Kier molecular flexibility index (Phi) is 8.35. The summed E-state index contributed by atoms with van der Waals surface area (Å²) in [6, 6.07) is 11.2. The van der Waals surface area contributed by atoms with Gasteiger partial charge in [-0.15, -0.1) is 0 Å².